The second-order valence-electron chi connectivity index (χ2n) is 5.82. The molecular formula is C14H28N2O2. The molecule has 0 saturated heterocycles. The first-order valence-corrected chi connectivity index (χ1v) is 7.20. The van der Waals surface area contributed by atoms with Crippen LogP contribution in [0.15, 0.2) is 0 Å². The number of carbonyl (C=O) groups excluding carboxylic acids is 1. The molecule has 0 aromatic carbocycles. The molecule has 1 fully saturated rings. The van der Waals surface area contributed by atoms with E-state index in [0.717, 1.165) is 38.5 Å². The van der Waals surface area contributed by atoms with Gasteiger partial charge in [-0.3, -0.25) is 4.79 Å². The van der Waals surface area contributed by atoms with Crippen LogP contribution in [0.25, 0.3) is 0 Å². The Hall–Kier alpha value is -0.610. The molecule has 0 spiro atoms. The summed E-state index contributed by atoms with van der Waals surface area (Å²) in [6.45, 7) is 5.01. The van der Waals surface area contributed by atoms with Crippen LogP contribution in [0, 0.1) is 11.3 Å². The molecule has 0 radical (unpaired) electrons. The molecule has 1 saturated carbocycles. The summed E-state index contributed by atoms with van der Waals surface area (Å²) in [7, 11) is 0. The molecular weight excluding hydrogens is 228 g/mol. The standard InChI is InChI=1S/C14H28N2O2/c1-3-4-12(17)9-16-13(18)14(10-15)7-5-11(2)6-8-14/h11-12,17H,3-10,15H2,1-2H3,(H,16,18). The number of amides is 1. The molecule has 18 heavy (non-hydrogen) atoms. The van der Waals surface area contributed by atoms with Gasteiger partial charge in [0.2, 0.25) is 5.91 Å². The summed E-state index contributed by atoms with van der Waals surface area (Å²) in [5, 5.41) is 12.5. The monoisotopic (exact) mass is 256 g/mol. The summed E-state index contributed by atoms with van der Waals surface area (Å²) in [6, 6.07) is 0. The van der Waals surface area contributed by atoms with Gasteiger partial charge in [0.05, 0.1) is 11.5 Å². The Labute approximate surface area is 110 Å². The van der Waals surface area contributed by atoms with Crippen LogP contribution in [0.2, 0.25) is 0 Å². The van der Waals surface area contributed by atoms with Crippen molar-refractivity contribution in [3.8, 4) is 0 Å². The zero-order valence-electron chi connectivity index (χ0n) is 11.7. The van der Waals surface area contributed by atoms with Crippen molar-refractivity contribution in [3.63, 3.8) is 0 Å². The van der Waals surface area contributed by atoms with Gasteiger partial charge >= 0.3 is 0 Å². The number of aliphatic hydroxyl groups is 1. The number of carbonyl (C=O) groups is 1. The van der Waals surface area contributed by atoms with Crippen molar-refractivity contribution in [2.24, 2.45) is 17.1 Å². The van der Waals surface area contributed by atoms with Gasteiger partial charge in [-0.25, -0.2) is 0 Å². The van der Waals surface area contributed by atoms with Crippen LogP contribution in [0.5, 0.6) is 0 Å². The molecule has 0 aliphatic heterocycles. The Kier molecular flexibility index (Phi) is 6.09. The van der Waals surface area contributed by atoms with Crippen LogP contribution in [0.3, 0.4) is 0 Å². The molecule has 1 unspecified atom stereocenters. The average molecular weight is 256 g/mol. The van der Waals surface area contributed by atoms with E-state index in [9.17, 15) is 9.90 Å². The highest BCUT2D eigenvalue weighted by molar-refractivity contribution is 5.83. The first-order chi connectivity index (χ1) is 8.54. The normalized spacial score (nSPS) is 29.9. The fourth-order valence-corrected chi connectivity index (χ4v) is 2.67. The Morgan fingerprint density at radius 2 is 2.11 bits per heavy atom. The molecule has 0 aromatic heterocycles. The van der Waals surface area contributed by atoms with Crippen LogP contribution < -0.4 is 11.1 Å². The molecule has 1 atom stereocenters. The maximum Gasteiger partial charge on any atom is 0.227 e. The highest BCUT2D eigenvalue weighted by atomic mass is 16.3. The zero-order valence-corrected chi connectivity index (χ0v) is 11.7. The quantitative estimate of drug-likeness (QED) is 0.673. The van der Waals surface area contributed by atoms with E-state index in [2.05, 4.69) is 12.2 Å². The molecule has 0 heterocycles. The summed E-state index contributed by atoms with van der Waals surface area (Å²) in [5.74, 6) is 0.732. The lowest BCUT2D eigenvalue weighted by atomic mass is 9.70. The van der Waals surface area contributed by atoms with Crippen molar-refractivity contribution < 1.29 is 9.90 Å². The lowest BCUT2D eigenvalue weighted by Crippen LogP contribution is -2.49. The highest BCUT2D eigenvalue weighted by Crippen LogP contribution is 2.38. The van der Waals surface area contributed by atoms with E-state index in [4.69, 9.17) is 5.73 Å². The number of hydrogen-bond donors (Lipinski definition) is 3. The van der Waals surface area contributed by atoms with Gasteiger partial charge in [-0.05, 0) is 38.0 Å². The van der Waals surface area contributed by atoms with Crippen LogP contribution in [-0.4, -0.2) is 30.2 Å². The van der Waals surface area contributed by atoms with Crippen molar-refractivity contribution in [2.75, 3.05) is 13.1 Å². The lowest BCUT2D eigenvalue weighted by Gasteiger charge is -2.37. The number of hydrogen-bond acceptors (Lipinski definition) is 3. The van der Waals surface area contributed by atoms with Gasteiger partial charge in [-0.2, -0.15) is 0 Å². The minimum Gasteiger partial charge on any atom is -0.391 e. The third kappa shape index (κ3) is 3.95. The fourth-order valence-electron chi connectivity index (χ4n) is 2.67. The lowest BCUT2D eigenvalue weighted by molar-refractivity contribution is -0.133. The van der Waals surface area contributed by atoms with Gasteiger partial charge in [-0.1, -0.05) is 20.3 Å². The smallest absolute Gasteiger partial charge is 0.227 e. The largest absolute Gasteiger partial charge is 0.391 e. The molecule has 4 nitrogen and oxygen atoms in total. The first-order valence-electron chi connectivity index (χ1n) is 7.20. The molecule has 4 N–H and O–H groups in total. The van der Waals surface area contributed by atoms with Crippen molar-refractivity contribution in [1.82, 2.24) is 5.32 Å². The first kappa shape index (κ1) is 15.4. The number of nitrogens with two attached hydrogens (primary N) is 1. The van der Waals surface area contributed by atoms with Gasteiger partial charge in [0.15, 0.2) is 0 Å². The molecule has 106 valence electrons. The Balaban J connectivity index is 2.47. The Morgan fingerprint density at radius 1 is 1.50 bits per heavy atom. The van der Waals surface area contributed by atoms with Crippen molar-refractivity contribution in [3.05, 3.63) is 0 Å². The van der Waals surface area contributed by atoms with Gasteiger partial charge in [0, 0.05) is 13.1 Å². The summed E-state index contributed by atoms with van der Waals surface area (Å²) < 4.78 is 0. The van der Waals surface area contributed by atoms with Crippen molar-refractivity contribution in [2.45, 2.75) is 58.5 Å². The van der Waals surface area contributed by atoms with E-state index < -0.39 is 11.5 Å². The van der Waals surface area contributed by atoms with E-state index in [1.807, 2.05) is 6.92 Å². The maximum atomic E-state index is 12.3. The molecule has 1 amide bonds. The molecule has 1 aliphatic rings. The number of nitrogens with one attached hydrogen (secondary N) is 1. The summed E-state index contributed by atoms with van der Waals surface area (Å²) in [6.07, 6.45) is 5.12. The van der Waals surface area contributed by atoms with Crippen LogP contribution in [0.1, 0.15) is 52.4 Å². The Bertz CT molecular complexity index is 261. The van der Waals surface area contributed by atoms with Crippen LogP contribution in [-0.2, 0) is 4.79 Å². The van der Waals surface area contributed by atoms with Gasteiger partial charge in [0.1, 0.15) is 0 Å². The second kappa shape index (κ2) is 7.10. The van der Waals surface area contributed by atoms with Crippen LogP contribution in [0.4, 0.5) is 0 Å². The summed E-state index contributed by atoms with van der Waals surface area (Å²) in [4.78, 5) is 12.3. The maximum absolute atomic E-state index is 12.3. The summed E-state index contributed by atoms with van der Waals surface area (Å²) >= 11 is 0. The predicted molar refractivity (Wildman–Crippen MR) is 73.0 cm³/mol. The number of rotatable bonds is 6. The minimum absolute atomic E-state index is 0.0343. The van der Waals surface area contributed by atoms with Crippen molar-refractivity contribution in [1.29, 1.82) is 0 Å². The van der Waals surface area contributed by atoms with E-state index in [1.54, 1.807) is 0 Å². The Morgan fingerprint density at radius 3 is 2.61 bits per heavy atom. The summed E-state index contributed by atoms with van der Waals surface area (Å²) in [5.41, 5.74) is 5.44. The van der Waals surface area contributed by atoms with E-state index in [1.165, 1.54) is 0 Å². The third-order valence-corrected chi connectivity index (χ3v) is 4.22. The van der Waals surface area contributed by atoms with Gasteiger partial charge in [-0.15, -0.1) is 0 Å². The van der Waals surface area contributed by atoms with Gasteiger partial charge < -0.3 is 16.2 Å². The molecule has 1 rings (SSSR count). The molecule has 1 aliphatic carbocycles. The zero-order chi connectivity index (χ0) is 13.6. The molecule has 0 aromatic rings. The van der Waals surface area contributed by atoms with Gasteiger partial charge in [0.25, 0.3) is 0 Å². The van der Waals surface area contributed by atoms with Crippen LogP contribution >= 0.6 is 0 Å². The minimum atomic E-state index is -0.434. The highest BCUT2D eigenvalue weighted by Gasteiger charge is 2.39. The molecule has 0 bridgehead atoms. The predicted octanol–water partition coefficient (Wildman–Crippen LogP) is 1.42. The van der Waals surface area contributed by atoms with E-state index >= 15 is 0 Å². The van der Waals surface area contributed by atoms with E-state index in [-0.39, 0.29) is 5.91 Å². The number of aliphatic hydroxyl groups excluding tert-OH is 1. The van der Waals surface area contributed by atoms with E-state index in [0.29, 0.717) is 19.0 Å². The molecule has 4 heteroatoms. The third-order valence-electron chi connectivity index (χ3n) is 4.22. The van der Waals surface area contributed by atoms with Crippen molar-refractivity contribution >= 4 is 5.91 Å². The fraction of sp³-hybridized carbons (Fsp3) is 0.929. The second-order valence-corrected chi connectivity index (χ2v) is 5.82. The SMILES string of the molecule is CCCC(O)CNC(=O)C1(CN)CCC(C)CC1. The average Bonchev–Trinajstić information content (AvgIpc) is 2.38. The topological polar surface area (TPSA) is 75.3 Å².